The van der Waals surface area contributed by atoms with Gasteiger partial charge in [0.1, 0.15) is 25.4 Å². The molecule has 0 amide bonds. The molecule has 0 bridgehead atoms. The number of hydrogen-bond acceptors (Lipinski definition) is 14. The van der Waals surface area contributed by atoms with E-state index in [0.29, 0.717) is 19.3 Å². The highest BCUT2D eigenvalue weighted by Gasteiger charge is 2.30. The van der Waals surface area contributed by atoms with Crippen molar-refractivity contribution in [3.63, 3.8) is 0 Å². The van der Waals surface area contributed by atoms with E-state index >= 15 is 0 Å². The third-order valence-corrected chi connectivity index (χ3v) is 21.7. The van der Waals surface area contributed by atoms with Gasteiger partial charge in [0.05, 0.1) is 26.4 Å². The number of unbranched alkanes of at least 4 members (excludes halogenated alkanes) is 34. The van der Waals surface area contributed by atoms with Crippen LogP contribution in [0.2, 0.25) is 0 Å². The van der Waals surface area contributed by atoms with Crippen LogP contribution in [0.15, 0.2) is 194 Å². The summed E-state index contributed by atoms with van der Waals surface area (Å²) in [6.07, 6.45) is 125. The van der Waals surface area contributed by atoms with Crippen LogP contribution in [0.3, 0.4) is 0 Å². The van der Waals surface area contributed by atoms with Crippen LogP contribution >= 0.6 is 15.6 Å². The number of ether oxygens (including phenoxy) is 3. The van der Waals surface area contributed by atoms with E-state index in [1.807, 2.05) is 0 Å². The zero-order valence-corrected chi connectivity index (χ0v) is 77.9. The number of phosphoric acid groups is 2. The maximum Gasteiger partial charge on any atom is 0.472 e. The van der Waals surface area contributed by atoms with Crippen molar-refractivity contribution >= 4 is 33.6 Å². The van der Waals surface area contributed by atoms with Crippen LogP contribution in [0.25, 0.3) is 0 Å². The molecule has 0 aliphatic rings. The van der Waals surface area contributed by atoms with Gasteiger partial charge in [0.25, 0.3) is 0 Å². The number of aliphatic hydroxyl groups excluding tert-OH is 2. The number of aliphatic hydroxyl groups is 2. The molecular formula is C103H172O16P2. The van der Waals surface area contributed by atoms with Gasteiger partial charge in [0.15, 0.2) is 6.10 Å². The lowest BCUT2D eigenvalue weighted by atomic mass is 10.0. The van der Waals surface area contributed by atoms with Gasteiger partial charge in [-0.15, -0.1) is 0 Å². The molecule has 0 radical (unpaired) electrons. The molecule has 0 aliphatic carbocycles. The van der Waals surface area contributed by atoms with Crippen LogP contribution < -0.4 is 0 Å². The highest BCUT2D eigenvalue weighted by atomic mass is 31.2. The quantitative estimate of drug-likeness (QED) is 0.0146. The van der Waals surface area contributed by atoms with E-state index < -0.39 is 91.5 Å². The third-order valence-electron chi connectivity index (χ3n) is 19.8. The predicted octanol–water partition coefficient (Wildman–Crippen LogP) is 29.8. The summed E-state index contributed by atoms with van der Waals surface area (Å²) in [7, 11) is -9.82. The van der Waals surface area contributed by atoms with Gasteiger partial charge in [-0.05, 0) is 161 Å². The Morgan fingerprint density at radius 1 is 0.231 bits per heavy atom. The highest BCUT2D eigenvalue weighted by molar-refractivity contribution is 7.47. The summed E-state index contributed by atoms with van der Waals surface area (Å²) in [5, 5.41) is 20.8. The van der Waals surface area contributed by atoms with E-state index in [0.717, 1.165) is 186 Å². The van der Waals surface area contributed by atoms with Crippen molar-refractivity contribution in [1.29, 1.82) is 0 Å². The molecule has 690 valence electrons. The van der Waals surface area contributed by atoms with Crippen molar-refractivity contribution in [2.24, 2.45) is 0 Å². The Balaban J connectivity index is 4.58. The summed E-state index contributed by atoms with van der Waals surface area (Å²) in [6, 6.07) is 0. The van der Waals surface area contributed by atoms with Crippen LogP contribution in [0.4, 0.5) is 0 Å². The van der Waals surface area contributed by atoms with Crippen LogP contribution in [0, 0.1) is 0 Å². The Hall–Kier alpha value is -5.61. The third kappa shape index (κ3) is 94.9. The second kappa shape index (κ2) is 93.5. The predicted molar refractivity (Wildman–Crippen MR) is 509 cm³/mol. The lowest BCUT2D eigenvalue weighted by Crippen LogP contribution is -2.30. The number of carbonyl (C=O) groups is 3. The van der Waals surface area contributed by atoms with Gasteiger partial charge in [-0.25, -0.2) is 9.13 Å². The van der Waals surface area contributed by atoms with Crippen molar-refractivity contribution in [2.75, 3.05) is 39.6 Å². The van der Waals surface area contributed by atoms with E-state index in [4.69, 9.17) is 32.3 Å². The van der Waals surface area contributed by atoms with Crippen LogP contribution in [-0.4, -0.2) is 95.9 Å². The van der Waals surface area contributed by atoms with E-state index in [1.54, 1.807) is 0 Å². The molecule has 121 heavy (non-hydrogen) atoms. The van der Waals surface area contributed by atoms with E-state index in [-0.39, 0.29) is 19.3 Å². The molecule has 0 heterocycles. The summed E-state index contributed by atoms with van der Waals surface area (Å²) >= 11 is 0. The highest BCUT2D eigenvalue weighted by Crippen LogP contribution is 2.45. The first-order valence-electron chi connectivity index (χ1n) is 47.7. The molecule has 4 N–H and O–H groups in total. The van der Waals surface area contributed by atoms with E-state index in [9.17, 15) is 43.5 Å². The molecule has 18 heteroatoms. The summed E-state index contributed by atoms with van der Waals surface area (Å²) in [5.74, 6) is -1.58. The largest absolute Gasteiger partial charge is 0.472 e. The molecule has 0 rings (SSSR count). The average molecular weight is 1730 g/mol. The minimum Gasteiger partial charge on any atom is -0.463 e. The summed E-state index contributed by atoms with van der Waals surface area (Å²) < 4.78 is 61.6. The Morgan fingerprint density at radius 2 is 0.413 bits per heavy atom. The van der Waals surface area contributed by atoms with Gasteiger partial charge in [-0.1, -0.05) is 395 Å². The molecule has 0 spiro atoms. The molecule has 16 nitrogen and oxygen atoms in total. The number of phosphoric ester groups is 2. The summed E-state index contributed by atoms with van der Waals surface area (Å²) in [5.41, 5.74) is 0. The number of hydrogen-bond donors (Lipinski definition) is 4. The van der Waals surface area contributed by atoms with Crippen molar-refractivity contribution in [2.45, 2.75) is 399 Å². The molecule has 0 saturated carbocycles. The number of esters is 3. The molecule has 0 aromatic heterocycles. The Bertz CT molecular complexity index is 2980. The van der Waals surface area contributed by atoms with Crippen LogP contribution in [0.1, 0.15) is 380 Å². The Morgan fingerprint density at radius 3 is 0.653 bits per heavy atom. The Kier molecular flexibility index (Phi) is 89.2. The van der Waals surface area contributed by atoms with Gasteiger partial charge in [0.2, 0.25) is 0 Å². The summed E-state index contributed by atoms with van der Waals surface area (Å²) in [6.45, 7) is 2.37. The molecule has 0 fully saturated rings. The summed E-state index contributed by atoms with van der Waals surface area (Å²) in [4.78, 5) is 59.1. The zero-order chi connectivity index (χ0) is 87.9. The fourth-order valence-corrected chi connectivity index (χ4v) is 14.3. The first kappa shape index (κ1) is 115. The zero-order valence-electron chi connectivity index (χ0n) is 76.1. The number of rotatable bonds is 89. The van der Waals surface area contributed by atoms with Gasteiger partial charge < -0.3 is 34.2 Å². The van der Waals surface area contributed by atoms with Gasteiger partial charge in [-0.2, -0.15) is 0 Å². The van der Waals surface area contributed by atoms with Crippen molar-refractivity contribution < 1.29 is 75.8 Å². The first-order chi connectivity index (χ1) is 59.2. The minimum absolute atomic E-state index is 0.0898. The first-order valence-corrected chi connectivity index (χ1v) is 50.7. The van der Waals surface area contributed by atoms with E-state index in [1.165, 1.54) is 135 Å². The van der Waals surface area contributed by atoms with Crippen molar-refractivity contribution in [3.05, 3.63) is 194 Å². The number of allylic oxidation sites excluding steroid dienone is 32. The van der Waals surface area contributed by atoms with Crippen molar-refractivity contribution in [3.8, 4) is 0 Å². The second-order valence-corrected chi connectivity index (χ2v) is 34.3. The van der Waals surface area contributed by atoms with Gasteiger partial charge >= 0.3 is 33.6 Å². The maximum absolute atomic E-state index is 13.1. The Labute approximate surface area is 737 Å². The SMILES string of the molecule is CC/C=C\C/C=C\C/C=C\C/C=C\C/C=C\C/C=C\CCCCCCCCCCCCCCCCCCC(=O)OCC(O)COP(=O)(O)OCC(O)COP(=O)(O)OCC(COC(=O)CCCCCCCCCCC/C=C\C/C=C\C/C=C\C/C=C\C/C=C\CC)OC(=O)CCCCCCCCCCC/C=C\C/C=C\C/C=C\C/C=C\C/C=C\CC. The molecule has 0 aromatic rings. The topological polar surface area (TPSA) is 231 Å². The molecule has 0 aromatic carbocycles. The van der Waals surface area contributed by atoms with Gasteiger partial charge in [0, 0.05) is 19.3 Å². The van der Waals surface area contributed by atoms with Gasteiger partial charge in [-0.3, -0.25) is 32.5 Å². The van der Waals surface area contributed by atoms with E-state index in [2.05, 4.69) is 215 Å². The molecule has 5 unspecified atom stereocenters. The molecular weight excluding hydrogens is 1560 g/mol. The maximum atomic E-state index is 13.1. The van der Waals surface area contributed by atoms with Crippen LogP contribution in [-0.2, 0) is 55.8 Å². The monoisotopic (exact) mass is 1730 g/mol. The second-order valence-electron chi connectivity index (χ2n) is 31.4. The fourth-order valence-electron chi connectivity index (χ4n) is 12.7. The molecule has 0 saturated heterocycles. The fraction of sp³-hybridized carbons (Fsp3) is 0.660. The normalized spacial score (nSPS) is 14.6. The smallest absolute Gasteiger partial charge is 0.463 e. The minimum atomic E-state index is -4.95. The number of carbonyl (C=O) groups excluding carboxylic acids is 3. The molecule has 5 atom stereocenters. The standard InChI is InChI=1S/C103H172O16P2/c1-4-7-10-13-16-19-22-25-28-31-34-37-40-43-44-45-46-47-48-49-50-51-52-55-57-59-62-65-68-71-74-77-80-83-86-89-101(106)113-92-98(104)93-115-120(109,110)116-94-99(105)95-117-121(111,112)118-97-100(119-103(108)91-88-85-82-79-76-73-70-67-64-61-58-54-42-39-36-33-30-27-24-21-18-15-12-9-6-3)96-114-102(107)90-87-84-81-78-75-72-69-66-63-60-56-53-41-38-35-32-29-26-23-20-17-14-11-8-5-2/h7-12,16-21,25-30,34-39,43-44,46-47,53-54,56,58,98-100,104-105H,4-6,13-15,22-24,31-33,40-42,45,48-52,55,57,59-97H2,1-3H3,(H,109,110)(H,111,112)/b10-7-,11-8-,12-9-,19-16-,20-17-,21-18-,28-25-,29-26-,30-27-,37-34-,38-35-,39-36-,44-43-,47-46-,56-53-,58-54-. The average Bonchev–Trinajstić information content (AvgIpc) is 0.901. The lowest BCUT2D eigenvalue weighted by molar-refractivity contribution is -0.161. The molecule has 0 aliphatic heterocycles. The van der Waals surface area contributed by atoms with Crippen LogP contribution in [0.5, 0.6) is 0 Å². The lowest BCUT2D eigenvalue weighted by Gasteiger charge is -2.21. The van der Waals surface area contributed by atoms with Crippen molar-refractivity contribution in [1.82, 2.24) is 0 Å².